The molecule has 1 saturated heterocycles. The fraction of sp³-hybridized carbons (Fsp3) is 0.333. The highest BCUT2D eigenvalue weighted by Crippen LogP contribution is 2.19. The minimum absolute atomic E-state index is 0.00307. The molecule has 1 fully saturated rings. The smallest absolute Gasteiger partial charge is 0.267 e. The van der Waals surface area contributed by atoms with Gasteiger partial charge in [0.05, 0.1) is 5.71 Å². The third-order valence-corrected chi connectivity index (χ3v) is 4.48. The lowest BCUT2D eigenvalue weighted by Crippen LogP contribution is -2.52. The lowest BCUT2D eigenvalue weighted by atomic mass is 10.0. The van der Waals surface area contributed by atoms with Gasteiger partial charge >= 0.3 is 0 Å². The number of carbonyl (C=O) groups is 1. The van der Waals surface area contributed by atoms with Crippen LogP contribution in [0.2, 0.25) is 0 Å². The first-order chi connectivity index (χ1) is 12.3. The van der Waals surface area contributed by atoms with Gasteiger partial charge in [0.25, 0.3) is 5.91 Å². The molecule has 0 saturated carbocycles. The Morgan fingerprint density at radius 3 is 2.44 bits per heavy atom. The second kappa shape index (κ2) is 6.88. The second-order valence-corrected chi connectivity index (χ2v) is 6.06. The number of nitrogens with zero attached hydrogens (tertiary/aromatic N) is 5. The minimum Gasteiger partial charge on any atom is -0.382 e. The lowest BCUT2D eigenvalue weighted by Gasteiger charge is -2.35. The van der Waals surface area contributed by atoms with Gasteiger partial charge < -0.3 is 14.6 Å². The molecule has 0 spiro atoms. The molecular formula is C18H19N5O2. The molecule has 25 heavy (non-hydrogen) atoms. The van der Waals surface area contributed by atoms with Crippen LogP contribution in [0.25, 0.3) is 0 Å². The summed E-state index contributed by atoms with van der Waals surface area (Å²) in [5.74, 6) is 0.713. The quantitative estimate of drug-likeness (QED) is 0.845. The summed E-state index contributed by atoms with van der Waals surface area (Å²) in [6, 6.07) is 11.6. The zero-order chi connectivity index (χ0) is 17.1. The van der Waals surface area contributed by atoms with Crippen LogP contribution in [0.3, 0.4) is 0 Å². The number of rotatable bonds is 3. The van der Waals surface area contributed by atoms with Gasteiger partial charge in [-0.3, -0.25) is 4.79 Å². The molecular weight excluding hydrogens is 318 g/mol. The van der Waals surface area contributed by atoms with E-state index in [0.717, 1.165) is 24.4 Å². The molecule has 7 heteroatoms. The van der Waals surface area contributed by atoms with Crippen molar-refractivity contribution in [2.45, 2.75) is 12.5 Å². The van der Waals surface area contributed by atoms with Crippen molar-refractivity contribution in [3.63, 3.8) is 0 Å². The summed E-state index contributed by atoms with van der Waals surface area (Å²) in [5, 5.41) is 4.10. The zero-order valence-corrected chi connectivity index (χ0v) is 13.8. The maximum atomic E-state index is 12.7. The monoisotopic (exact) mass is 337 g/mol. The Labute approximate surface area is 145 Å². The second-order valence-electron chi connectivity index (χ2n) is 6.06. The van der Waals surface area contributed by atoms with E-state index in [-0.39, 0.29) is 5.91 Å². The summed E-state index contributed by atoms with van der Waals surface area (Å²) in [5.41, 5.74) is 1.83. The largest absolute Gasteiger partial charge is 0.382 e. The highest BCUT2D eigenvalue weighted by molar-refractivity contribution is 6.04. The van der Waals surface area contributed by atoms with Crippen LogP contribution in [0.5, 0.6) is 0 Å². The molecule has 3 heterocycles. The van der Waals surface area contributed by atoms with E-state index >= 15 is 0 Å². The van der Waals surface area contributed by atoms with Gasteiger partial charge in [-0.05, 0) is 11.6 Å². The van der Waals surface area contributed by atoms with Gasteiger partial charge in [0.1, 0.15) is 0 Å². The minimum atomic E-state index is -0.519. The number of oxime groups is 1. The maximum Gasteiger partial charge on any atom is 0.267 e. The zero-order valence-electron chi connectivity index (χ0n) is 13.8. The molecule has 128 valence electrons. The first kappa shape index (κ1) is 15.6. The molecule has 2 aliphatic rings. The van der Waals surface area contributed by atoms with Gasteiger partial charge in [-0.25, -0.2) is 9.97 Å². The molecule has 0 aliphatic carbocycles. The predicted octanol–water partition coefficient (Wildman–Crippen LogP) is 1.32. The van der Waals surface area contributed by atoms with Crippen molar-refractivity contribution in [1.82, 2.24) is 14.9 Å². The van der Waals surface area contributed by atoms with Crippen molar-refractivity contribution < 1.29 is 9.63 Å². The number of aromatic nitrogens is 2. The van der Waals surface area contributed by atoms with Gasteiger partial charge in [0.2, 0.25) is 12.1 Å². The Morgan fingerprint density at radius 2 is 1.72 bits per heavy atom. The molecule has 1 aromatic carbocycles. The van der Waals surface area contributed by atoms with Gasteiger partial charge in [-0.15, -0.1) is 0 Å². The molecule has 2 aromatic rings. The van der Waals surface area contributed by atoms with Gasteiger partial charge in [-0.1, -0.05) is 35.5 Å². The van der Waals surface area contributed by atoms with Crippen molar-refractivity contribution in [3.05, 3.63) is 54.4 Å². The first-order valence-electron chi connectivity index (χ1n) is 8.40. The van der Waals surface area contributed by atoms with Crippen LogP contribution in [0.4, 0.5) is 5.95 Å². The Hall–Kier alpha value is -2.96. The number of amides is 1. The molecule has 1 unspecified atom stereocenters. The summed E-state index contributed by atoms with van der Waals surface area (Å²) < 4.78 is 0. The number of hydrogen-bond acceptors (Lipinski definition) is 6. The van der Waals surface area contributed by atoms with Crippen LogP contribution < -0.4 is 4.90 Å². The molecule has 2 aliphatic heterocycles. The number of piperazine rings is 1. The van der Waals surface area contributed by atoms with Crippen LogP contribution >= 0.6 is 0 Å². The number of carbonyl (C=O) groups excluding carboxylic acids is 1. The van der Waals surface area contributed by atoms with E-state index in [1.807, 2.05) is 35.2 Å². The van der Waals surface area contributed by atoms with E-state index in [1.54, 1.807) is 18.5 Å². The van der Waals surface area contributed by atoms with E-state index < -0.39 is 6.10 Å². The molecule has 1 amide bonds. The Bertz CT molecular complexity index is 758. The summed E-state index contributed by atoms with van der Waals surface area (Å²) in [6.45, 7) is 2.71. The van der Waals surface area contributed by atoms with Crippen molar-refractivity contribution in [1.29, 1.82) is 0 Å². The van der Waals surface area contributed by atoms with E-state index in [1.165, 1.54) is 0 Å². The third kappa shape index (κ3) is 3.31. The normalized spacial score (nSPS) is 20.2. The molecule has 0 N–H and O–H groups in total. The van der Waals surface area contributed by atoms with Crippen LogP contribution in [0.15, 0.2) is 53.9 Å². The average molecular weight is 337 g/mol. The predicted molar refractivity (Wildman–Crippen MR) is 93.3 cm³/mol. The Kier molecular flexibility index (Phi) is 4.28. The Balaban J connectivity index is 1.33. The van der Waals surface area contributed by atoms with E-state index in [0.29, 0.717) is 25.5 Å². The molecule has 0 radical (unpaired) electrons. The van der Waals surface area contributed by atoms with Crippen molar-refractivity contribution in [2.75, 3.05) is 31.1 Å². The number of anilines is 1. The molecule has 4 rings (SSSR count). The van der Waals surface area contributed by atoms with E-state index in [4.69, 9.17) is 4.84 Å². The van der Waals surface area contributed by atoms with Crippen LogP contribution in [-0.2, 0) is 9.63 Å². The summed E-state index contributed by atoms with van der Waals surface area (Å²) in [4.78, 5) is 30.6. The van der Waals surface area contributed by atoms with Gasteiger partial charge in [0, 0.05) is 45.0 Å². The first-order valence-corrected chi connectivity index (χ1v) is 8.40. The summed E-state index contributed by atoms with van der Waals surface area (Å²) >= 11 is 0. The third-order valence-electron chi connectivity index (χ3n) is 4.48. The van der Waals surface area contributed by atoms with Gasteiger partial charge in [0.15, 0.2) is 0 Å². The van der Waals surface area contributed by atoms with E-state index in [2.05, 4.69) is 20.0 Å². The van der Waals surface area contributed by atoms with Crippen LogP contribution in [0.1, 0.15) is 12.0 Å². The molecule has 1 atom stereocenters. The maximum absolute atomic E-state index is 12.7. The molecule has 7 nitrogen and oxygen atoms in total. The summed E-state index contributed by atoms with van der Waals surface area (Å²) in [6.07, 6.45) is 3.46. The van der Waals surface area contributed by atoms with E-state index in [9.17, 15) is 4.79 Å². The highest BCUT2D eigenvalue weighted by atomic mass is 16.6. The average Bonchev–Trinajstić information content (AvgIpc) is 3.19. The van der Waals surface area contributed by atoms with Crippen LogP contribution in [0, 0.1) is 0 Å². The fourth-order valence-corrected chi connectivity index (χ4v) is 3.10. The van der Waals surface area contributed by atoms with Crippen molar-refractivity contribution in [2.24, 2.45) is 5.16 Å². The number of hydrogen-bond donors (Lipinski definition) is 0. The SMILES string of the molecule is O=C(C1CC(c2ccccc2)=NO1)N1CCN(c2ncccn2)CC1. The van der Waals surface area contributed by atoms with Crippen molar-refractivity contribution in [3.8, 4) is 0 Å². The standard InChI is InChI=1S/C18H19N5O2/c24-17(16-13-15(21-25-16)14-5-2-1-3-6-14)22-9-11-23(12-10-22)18-19-7-4-8-20-18/h1-8,16H,9-13H2. The van der Waals surface area contributed by atoms with Gasteiger partial charge in [-0.2, -0.15) is 0 Å². The van der Waals surface area contributed by atoms with Crippen LogP contribution in [-0.4, -0.2) is 58.8 Å². The fourth-order valence-electron chi connectivity index (χ4n) is 3.10. The van der Waals surface area contributed by atoms with Crippen molar-refractivity contribution >= 4 is 17.6 Å². The highest BCUT2D eigenvalue weighted by Gasteiger charge is 2.34. The Morgan fingerprint density at radius 1 is 1.00 bits per heavy atom. The topological polar surface area (TPSA) is 70.9 Å². The molecule has 1 aromatic heterocycles. The molecule has 0 bridgehead atoms. The summed E-state index contributed by atoms with van der Waals surface area (Å²) in [7, 11) is 0. The number of benzene rings is 1. The lowest BCUT2D eigenvalue weighted by molar-refractivity contribution is -0.142.